The van der Waals surface area contributed by atoms with Gasteiger partial charge in [0.15, 0.2) is 0 Å². The van der Waals surface area contributed by atoms with Gasteiger partial charge in [0.05, 0.1) is 11.8 Å². The highest BCUT2D eigenvalue weighted by Gasteiger charge is 2.26. The highest BCUT2D eigenvalue weighted by molar-refractivity contribution is 7.88. The number of rotatable bonds is 6. The lowest BCUT2D eigenvalue weighted by Crippen LogP contribution is -2.46. The normalized spacial score (nSPS) is 16.0. The Bertz CT molecular complexity index is 876. The number of carbonyl (C=O) groups is 1. The topological polar surface area (TPSA) is 75.7 Å². The predicted molar refractivity (Wildman–Crippen MR) is 104 cm³/mol. The number of piperidine rings is 1. The van der Waals surface area contributed by atoms with Crippen molar-refractivity contribution in [2.75, 3.05) is 19.3 Å². The molecule has 0 spiro atoms. The third-order valence-corrected chi connectivity index (χ3v) is 5.93. The summed E-state index contributed by atoms with van der Waals surface area (Å²) in [7, 11) is -3.17. The molecule has 6 nitrogen and oxygen atoms in total. The fourth-order valence-electron chi connectivity index (χ4n) is 3.11. The molecule has 2 aromatic rings. The molecule has 1 fully saturated rings. The minimum atomic E-state index is -3.17. The number of amides is 1. The van der Waals surface area contributed by atoms with E-state index in [0.29, 0.717) is 43.9 Å². The third kappa shape index (κ3) is 5.30. The van der Waals surface area contributed by atoms with Crippen molar-refractivity contribution in [1.82, 2.24) is 9.62 Å². The maximum atomic E-state index is 12.7. The number of nitrogens with zero attached hydrogens (tertiary/aromatic N) is 1. The van der Waals surface area contributed by atoms with Gasteiger partial charge in [-0.05, 0) is 30.5 Å². The van der Waals surface area contributed by atoms with Crippen LogP contribution in [0.15, 0.2) is 54.6 Å². The molecule has 1 aliphatic rings. The second-order valence-corrected chi connectivity index (χ2v) is 8.66. The lowest BCUT2D eigenvalue weighted by atomic mass is 10.1. The van der Waals surface area contributed by atoms with E-state index in [9.17, 15) is 13.2 Å². The van der Waals surface area contributed by atoms with Crippen molar-refractivity contribution in [3.63, 3.8) is 0 Å². The number of hydrogen-bond donors (Lipinski definition) is 1. The fraction of sp³-hybridized carbons (Fsp3) is 0.350. The first-order chi connectivity index (χ1) is 12.9. The SMILES string of the molecule is CS(=O)(=O)N1CCC(NC(=O)c2ccccc2OCc2ccccc2)CC1. The molecule has 1 amide bonds. The van der Waals surface area contributed by atoms with Crippen molar-refractivity contribution in [1.29, 1.82) is 0 Å². The molecule has 0 aliphatic carbocycles. The summed E-state index contributed by atoms with van der Waals surface area (Å²) in [6.07, 6.45) is 2.42. The van der Waals surface area contributed by atoms with Crippen LogP contribution in [0.1, 0.15) is 28.8 Å². The van der Waals surface area contributed by atoms with Crippen molar-refractivity contribution in [3.8, 4) is 5.75 Å². The molecule has 1 aliphatic heterocycles. The molecule has 1 heterocycles. The second-order valence-electron chi connectivity index (χ2n) is 6.68. The molecule has 2 aromatic carbocycles. The van der Waals surface area contributed by atoms with E-state index >= 15 is 0 Å². The number of para-hydroxylation sites is 1. The molecule has 144 valence electrons. The van der Waals surface area contributed by atoms with Gasteiger partial charge in [0.2, 0.25) is 10.0 Å². The molecule has 0 bridgehead atoms. The number of benzene rings is 2. The molecular weight excluding hydrogens is 364 g/mol. The third-order valence-electron chi connectivity index (χ3n) is 4.63. The van der Waals surface area contributed by atoms with Crippen molar-refractivity contribution in [2.24, 2.45) is 0 Å². The Balaban J connectivity index is 1.60. The van der Waals surface area contributed by atoms with E-state index < -0.39 is 10.0 Å². The molecule has 27 heavy (non-hydrogen) atoms. The molecular formula is C20H24N2O4S. The molecule has 0 radical (unpaired) electrons. The Hall–Kier alpha value is -2.38. The van der Waals surface area contributed by atoms with E-state index in [4.69, 9.17) is 4.74 Å². The monoisotopic (exact) mass is 388 g/mol. The van der Waals surface area contributed by atoms with Gasteiger partial charge in [-0.15, -0.1) is 0 Å². The van der Waals surface area contributed by atoms with Crippen LogP contribution >= 0.6 is 0 Å². The lowest BCUT2D eigenvalue weighted by molar-refractivity contribution is 0.0919. The van der Waals surface area contributed by atoms with Crippen molar-refractivity contribution in [3.05, 3.63) is 65.7 Å². The molecule has 0 aromatic heterocycles. The quantitative estimate of drug-likeness (QED) is 0.825. The minimum Gasteiger partial charge on any atom is -0.488 e. The Morgan fingerprint density at radius 3 is 2.37 bits per heavy atom. The fourth-order valence-corrected chi connectivity index (χ4v) is 3.98. The second kappa shape index (κ2) is 8.54. The average Bonchev–Trinajstić information content (AvgIpc) is 2.67. The Morgan fingerprint density at radius 2 is 1.70 bits per heavy atom. The summed E-state index contributed by atoms with van der Waals surface area (Å²) < 4.78 is 30.5. The molecule has 7 heteroatoms. The van der Waals surface area contributed by atoms with E-state index in [2.05, 4.69) is 5.32 Å². The molecule has 1 saturated heterocycles. The van der Waals surface area contributed by atoms with E-state index in [0.717, 1.165) is 5.56 Å². The number of hydrogen-bond acceptors (Lipinski definition) is 4. The van der Waals surface area contributed by atoms with Crippen LogP contribution in [0.3, 0.4) is 0 Å². The van der Waals surface area contributed by atoms with Gasteiger partial charge in [-0.3, -0.25) is 4.79 Å². The minimum absolute atomic E-state index is 0.0438. The number of carbonyl (C=O) groups excluding carboxylic acids is 1. The van der Waals surface area contributed by atoms with Gasteiger partial charge < -0.3 is 10.1 Å². The van der Waals surface area contributed by atoms with Crippen LogP contribution in [0.2, 0.25) is 0 Å². The zero-order valence-electron chi connectivity index (χ0n) is 15.3. The van der Waals surface area contributed by atoms with Gasteiger partial charge in [-0.25, -0.2) is 12.7 Å². The van der Waals surface area contributed by atoms with Crippen LogP contribution in [-0.4, -0.2) is 44.0 Å². The molecule has 0 saturated carbocycles. The van der Waals surface area contributed by atoms with Crippen LogP contribution in [0, 0.1) is 0 Å². The molecule has 0 unspecified atom stereocenters. The summed E-state index contributed by atoms with van der Waals surface area (Å²) in [5.74, 6) is 0.337. The smallest absolute Gasteiger partial charge is 0.255 e. The van der Waals surface area contributed by atoms with E-state index in [1.54, 1.807) is 18.2 Å². The first-order valence-electron chi connectivity index (χ1n) is 8.95. The Morgan fingerprint density at radius 1 is 1.07 bits per heavy atom. The molecule has 0 atom stereocenters. The van der Waals surface area contributed by atoms with Crippen LogP contribution < -0.4 is 10.1 Å². The zero-order valence-corrected chi connectivity index (χ0v) is 16.1. The highest BCUT2D eigenvalue weighted by Crippen LogP contribution is 2.21. The lowest BCUT2D eigenvalue weighted by Gasteiger charge is -2.30. The highest BCUT2D eigenvalue weighted by atomic mass is 32.2. The summed E-state index contributed by atoms with van der Waals surface area (Å²) in [5, 5.41) is 3.01. The van der Waals surface area contributed by atoms with Gasteiger partial charge >= 0.3 is 0 Å². The van der Waals surface area contributed by atoms with Gasteiger partial charge in [-0.1, -0.05) is 42.5 Å². The summed E-state index contributed by atoms with van der Waals surface area (Å²) in [4.78, 5) is 12.7. The first-order valence-corrected chi connectivity index (χ1v) is 10.8. The number of ether oxygens (including phenoxy) is 1. The molecule has 1 N–H and O–H groups in total. The first kappa shape index (κ1) is 19.4. The standard InChI is InChI=1S/C20H24N2O4S/c1-27(24,25)22-13-11-17(12-14-22)21-20(23)18-9-5-6-10-19(18)26-15-16-7-3-2-4-8-16/h2-10,17H,11-15H2,1H3,(H,21,23). The predicted octanol–water partition coefficient (Wildman–Crippen LogP) is 2.42. The van der Waals surface area contributed by atoms with Crippen LogP contribution in [0.4, 0.5) is 0 Å². The van der Waals surface area contributed by atoms with Gasteiger partial charge in [0, 0.05) is 19.1 Å². The Kier molecular flexibility index (Phi) is 6.13. The number of sulfonamides is 1. The van der Waals surface area contributed by atoms with Crippen LogP contribution in [0.5, 0.6) is 5.75 Å². The zero-order chi connectivity index (χ0) is 19.3. The summed E-state index contributed by atoms with van der Waals surface area (Å²) >= 11 is 0. The largest absolute Gasteiger partial charge is 0.488 e. The van der Waals surface area contributed by atoms with Gasteiger partial charge in [0.1, 0.15) is 12.4 Å². The average molecular weight is 388 g/mol. The van der Waals surface area contributed by atoms with Crippen LogP contribution in [-0.2, 0) is 16.6 Å². The maximum absolute atomic E-state index is 12.7. The summed E-state index contributed by atoms with van der Waals surface area (Å²) in [6, 6.07) is 16.9. The van der Waals surface area contributed by atoms with Crippen molar-refractivity contribution < 1.29 is 17.9 Å². The van der Waals surface area contributed by atoms with E-state index in [-0.39, 0.29) is 11.9 Å². The van der Waals surface area contributed by atoms with Crippen molar-refractivity contribution >= 4 is 15.9 Å². The van der Waals surface area contributed by atoms with Crippen molar-refractivity contribution in [2.45, 2.75) is 25.5 Å². The maximum Gasteiger partial charge on any atom is 0.255 e. The molecule has 3 rings (SSSR count). The Labute approximate surface area is 160 Å². The summed E-state index contributed by atoms with van der Waals surface area (Å²) in [5.41, 5.74) is 1.51. The van der Waals surface area contributed by atoms with Gasteiger partial charge in [0.25, 0.3) is 5.91 Å². The van der Waals surface area contributed by atoms with Gasteiger partial charge in [-0.2, -0.15) is 0 Å². The van der Waals surface area contributed by atoms with Crippen LogP contribution in [0.25, 0.3) is 0 Å². The summed E-state index contributed by atoms with van der Waals surface area (Å²) in [6.45, 7) is 1.24. The van der Waals surface area contributed by atoms with E-state index in [1.165, 1.54) is 10.6 Å². The van der Waals surface area contributed by atoms with E-state index in [1.807, 2.05) is 36.4 Å². The number of nitrogens with one attached hydrogen (secondary N) is 1.